The number of nitrogens with one attached hydrogen (secondary N) is 1. The van der Waals surface area contributed by atoms with Gasteiger partial charge in [-0.1, -0.05) is 25.5 Å². The highest BCUT2D eigenvalue weighted by Crippen LogP contribution is 2.24. The molecule has 2 aromatic rings. The maximum absolute atomic E-state index is 11.9. The maximum atomic E-state index is 11.9. The molecule has 0 saturated heterocycles. The van der Waals surface area contributed by atoms with Crippen molar-refractivity contribution in [2.75, 3.05) is 5.32 Å². The summed E-state index contributed by atoms with van der Waals surface area (Å²) in [6.45, 7) is 2.06. The van der Waals surface area contributed by atoms with Gasteiger partial charge < -0.3 is 11.1 Å². The molecule has 1 amide bonds. The van der Waals surface area contributed by atoms with Gasteiger partial charge in [0, 0.05) is 35.3 Å². The number of carbonyl (C=O) groups is 1. The lowest BCUT2D eigenvalue weighted by Gasteiger charge is -2.11. The zero-order valence-corrected chi connectivity index (χ0v) is 12.3. The first-order valence-electron chi connectivity index (χ1n) is 6.74. The Labute approximate surface area is 123 Å². The van der Waals surface area contributed by atoms with Crippen LogP contribution < -0.4 is 11.1 Å². The van der Waals surface area contributed by atoms with E-state index in [-0.39, 0.29) is 11.9 Å². The molecule has 1 atom stereocenters. The van der Waals surface area contributed by atoms with Gasteiger partial charge >= 0.3 is 0 Å². The van der Waals surface area contributed by atoms with Gasteiger partial charge in [-0.3, -0.25) is 4.79 Å². The Morgan fingerprint density at radius 1 is 1.50 bits per heavy atom. The Morgan fingerprint density at radius 2 is 2.35 bits per heavy atom. The summed E-state index contributed by atoms with van der Waals surface area (Å²) < 4.78 is 0. The Kier molecular flexibility index (Phi) is 5.26. The number of carbonyl (C=O) groups excluding carboxylic acids is 1. The van der Waals surface area contributed by atoms with E-state index in [1.807, 2.05) is 29.6 Å². The molecule has 1 heterocycles. The van der Waals surface area contributed by atoms with Crippen LogP contribution in [-0.2, 0) is 4.79 Å². The van der Waals surface area contributed by atoms with Gasteiger partial charge in [0.1, 0.15) is 5.01 Å². The maximum Gasteiger partial charge on any atom is 0.225 e. The smallest absolute Gasteiger partial charge is 0.225 e. The van der Waals surface area contributed by atoms with Crippen molar-refractivity contribution in [2.45, 2.75) is 32.2 Å². The Bertz CT molecular complexity index is 554. The molecule has 0 spiro atoms. The van der Waals surface area contributed by atoms with Crippen molar-refractivity contribution in [3.8, 4) is 10.6 Å². The van der Waals surface area contributed by atoms with Crippen LogP contribution in [0.1, 0.15) is 26.2 Å². The quantitative estimate of drug-likeness (QED) is 0.857. The molecule has 0 saturated carbocycles. The fourth-order valence-corrected chi connectivity index (χ4v) is 2.65. The molecule has 0 bridgehead atoms. The third-order valence-electron chi connectivity index (χ3n) is 2.93. The van der Waals surface area contributed by atoms with E-state index >= 15 is 0 Å². The Morgan fingerprint density at radius 3 is 3.05 bits per heavy atom. The third-order valence-corrected chi connectivity index (χ3v) is 3.75. The number of aromatic nitrogens is 1. The molecule has 0 aliphatic heterocycles. The van der Waals surface area contributed by atoms with E-state index in [0.29, 0.717) is 6.42 Å². The molecule has 5 heteroatoms. The summed E-state index contributed by atoms with van der Waals surface area (Å²) in [5.41, 5.74) is 7.67. The minimum absolute atomic E-state index is 0.0396. The molecule has 2 rings (SSSR count). The van der Waals surface area contributed by atoms with Crippen LogP contribution in [-0.4, -0.2) is 16.9 Å². The molecule has 1 aromatic heterocycles. The van der Waals surface area contributed by atoms with Crippen molar-refractivity contribution in [1.29, 1.82) is 0 Å². The zero-order chi connectivity index (χ0) is 14.4. The summed E-state index contributed by atoms with van der Waals surface area (Å²) in [5, 5.41) is 5.77. The molecule has 1 unspecified atom stereocenters. The van der Waals surface area contributed by atoms with Gasteiger partial charge in [0.05, 0.1) is 0 Å². The minimum atomic E-state index is -0.0675. The van der Waals surface area contributed by atoms with Crippen LogP contribution in [0.15, 0.2) is 35.8 Å². The van der Waals surface area contributed by atoms with E-state index in [2.05, 4.69) is 17.2 Å². The summed E-state index contributed by atoms with van der Waals surface area (Å²) in [4.78, 5) is 16.2. The largest absolute Gasteiger partial charge is 0.327 e. The molecular weight excluding hydrogens is 270 g/mol. The fraction of sp³-hybridized carbons (Fsp3) is 0.333. The fourth-order valence-electron chi connectivity index (χ4n) is 2.02. The van der Waals surface area contributed by atoms with Crippen LogP contribution in [0.4, 0.5) is 5.69 Å². The highest BCUT2D eigenvalue weighted by atomic mass is 32.1. The van der Waals surface area contributed by atoms with E-state index in [9.17, 15) is 4.79 Å². The average Bonchev–Trinajstić information content (AvgIpc) is 2.92. The number of amides is 1. The lowest BCUT2D eigenvalue weighted by molar-refractivity contribution is -0.116. The van der Waals surface area contributed by atoms with Gasteiger partial charge in [0.25, 0.3) is 0 Å². The average molecular weight is 289 g/mol. The highest BCUT2D eigenvalue weighted by Gasteiger charge is 2.09. The number of rotatable bonds is 6. The number of nitrogens with two attached hydrogens (primary N) is 1. The van der Waals surface area contributed by atoms with Crippen molar-refractivity contribution < 1.29 is 4.79 Å². The molecule has 3 N–H and O–H groups in total. The molecule has 0 radical (unpaired) electrons. The van der Waals surface area contributed by atoms with Crippen molar-refractivity contribution in [2.24, 2.45) is 5.73 Å². The topological polar surface area (TPSA) is 68.0 Å². The molecule has 4 nitrogen and oxygen atoms in total. The SMILES string of the molecule is CCCC(N)CC(=O)Nc1cccc(-c2nccs2)c1. The van der Waals surface area contributed by atoms with E-state index in [1.165, 1.54) is 0 Å². The Hall–Kier alpha value is -1.72. The van der Waals surface area contributed by atoms with Gasteiger partial charge in [0.2, 0.25) is 5.91 Å². The van der Waals surface area contributed by atoms with Gasteiger partial charge in [-0.05, 0) is 18.6 Å². The van der Waals surface area contributed by atoms with E-state index in [1.54, 1.807) is 17.5 Å². The second-order valence-electron chi connectivity index (χ2n) is 4.72. The molecule has 1 aromatic carbocycles. The van der Waals surface area contributed by atoms with Crippen LogP contribution in [0.25, 0.3) is 10.6 Å². The van der Waals surface area contributed by atoms with Gasteiger partial charge in [-0.2, -0.15) is 0 Å². The van der Waals surface area contributed by atoms with Crippen molar-refractivity contribution in [3.05, 3.63) is 35.8 Å². The monoisotopic (exact) mass is 289 g/mol. The van der Waals surface area contributed by atoms with E-state index in [0.717, 1.165) is 29.1 Å². The summed E-state index contributed by atoms with van der Waals surface area (Å²) in [7, 11) is 0. The normalized spacial score (nSPS) is 12.1. The molecular formula is C15H19N3OS. The summed E-state index contributed by atoms with van der Waals surface area (Å²) >= 11 is 1.58. The molecule has 0 aliphatic rings. The first-order chi connectivity index (χ1) is 9.69. The minimum Gasteiger partial charge on any atom is -0.327 e. The number of anilines is 1. The summed E-state index contributed by atoms with van der Waals surface area (Å²) in [6.07, 6.45) is 3.99. The van der Waals surface area contributed by atoms with Gasteiger partial charge in [0.15, 0.2) is 0 Å². The first kappa shape index (κ1) is 14.7. The van der Waals surface area contributed by atoms with Crippen molar-refractivity contribution >= 4 is 22.9 Å². The van der Waals surface area contributed by atoms with E-state index < -0.39 is 0 Å². The zero-order valence-electron chi connectivity index (χ0n) is 11.5. The summed E-state index contributed by atoms with van der Waals surface area (Å²) in [6, 6.07) is 7.64. The van der Waals surface area contributed by atoms with Crippen LogP contribution >= 0.6 is 11.3 Å². The predicted octanol–water partition coefficient (Wildman–Crippen LogP) is 3.27. The molecule has 0 fully saturated rings. The van der Waals surface area contributed by atoms with Gasteiger partial charge in [-0.25, -0.2) is 4.98 Å². The number of nitrogens with zero attached hydrogens (tertiary/aromatic N) is 1. The lowest BCUT2D eigenvalue weighted by atomic mass is 10.1. The van der Waals surface area contributed by atoms with E-state index in [4.69, 9.17) is 5.73 Å². The molecule has 20 heavy (non-hydrogen) atoms. The van der Waals surface area contributed by atoms with Crippen molar-refractivity contribution in [1.82, 2.24) is 4.98 Å². The Balaban J connectivity index is 1.99. The highest BCUT2D eigenvalue weighted by molar-refractivity contribution is 7.13. The second kappa shape index (κ2) is 7.17. The van der Waals surface area contributed by atoms with Crippen LogP contribution in [0.2, 0.25) is 0 Å². The number of benzene rings is 1. The summed E-state index contributed by atoms with van der Waals surface area (Å²) in [5.74, 6) is -0.0396. The standard InChI is InChI=1S/C15H19N3OS/c1-2-4-12(16)10-14(19)18-13-6-3-5-11(9-13)15-17-7-8-20-15/h3,5-9,12H,2,4,10,16H2,1H3,(H,18,19). The van der Waals surface area contributed by atoms with Gasteiger partial charge in [-0.15, -0.1) is 11.3 Å². The van der Waals surface area contributed by atoms with Crippen LogP contribution in [0.3, 0.4) is 0 Å². The molecule has 0 aliphatic carbocycles. The lowest BCUT2D eigenvalue weighted by Crippen LogP contribution is -2.26. The van der Waals surface area contributed by atoms with Crippen LogP contribution in [0, 0.1) is 0 Å². The predicted molar refractivity (Wildman–Crippen MR) is 83.7 cm³/mol. The van der Waals surface area contributed by atoms with Crippen molar-refractivity contribution in [3.63, 3.8) is 0 Å². The third kappa shape index (κ3) is 4.15. The number of thiazole rings is 1. The molecule has 106 valence electrons. The number of hydrogen-bond donors (Lipinski definition) is 2. The number of hydrogen-bond acceptors (Lipinski definition) is 4. The van der Waals surface area contributed by atoms with Crippen LogP contribution in [0.5, 0.6) is 0 Å². The second-order valence-corrected chi connectivity index (χ2v) is 5.61. The first-order valence-corrected chi connectivity index (χ1v) is 7.62.